The maximum Gasteiger partial charge on any atom is 0.433 e. The molecular formula is C22H17F3N6O2. The van der Waals surface area contributed by atoms with Crippen LogP contribution in [0.25, 0.3) is 17.0 Å². The summed E-state index contributed by atoms with van der Waals surface area (Å²) >= 11 is 0. The van der Waals surface area contributed by atoms with Crippen molar-refractivity contribution in [3.8, 4) is 11.4 Å². The van der Waals surface area contributed by atoms with Gasteiger partial charge in [0, 0.05) is 17.8 Å². The molecule has 0 aliphatic heterocycles. The third-order valence-corrected chi connectivity index (χ3v) is 5.86. The molecule has 4 aromatic rings. The minimum atomic E-state index is -4.56. The average molecular weight is 454 g/mol. The summed E-state index contributed by atoms with van der Waals surface area (Å²) in [7, 11) is 0. The second kappa shape index (κ2) is 7.34. The third-order valence-electron chi connectivity index (χ3n) is 5.86. The van der Waals surface area contributed by atoms with Crippen LogP contribution >= 0.6 is 0 Å². The van der Waals surface area contributed by atoms with Gasteiger partial charge in [0.05, 0.1) is 22.5 Å². The van der Waals surface area contributed by atoms with Crippen molar-refractivity contribution in [2.75, 3.05) is 0 Å². The molecule has 0 atom stereocenters. The van der Waals surface area contributed by atoms with Crippen molar-refractivity contribution < 1.29 is 23.2 Å². The highest BCUT2D eigenvalue weighted by Crippen LogP contribution is 2.52. The number of nitrogens with one attached hydrogen (secondary N) is 1. The Morgan fingerprint density at radius 2 is 1.85 bits per heavy atom. The number of hydrogen-bond acceptors (Lipinski definition) is 6. The third kappa shape index (κ3) is 3.50. The summed E-state index contributed by atoms with van der Waals surface area (Å²) in [4.78, 5) is 28.6. The molecule has 3 aromatic heterocycles. The van der Waals surface area contributed by atoms with Crippen LogP contribution in [-0.2, 0) is 11.6 Å². The van der Waals surface area contributed by atoms with E-state index < -0.39 is 23.2 Å². The Morgan fingerprint density at radius 1 is 1.12 bits per heavy atom. The van der Waals surface area contributed by atoms with E-state index in [0.717, 1.165) is 30.8 Å². The number of carbonyl (C=O) groups is 1. The molecule has 0 bridgehead atoms. The van der Waals surface area contributed by atoms with Gasteiger partial charge in [-0.3, -0.25) is 14.4 Å². The fourth-order valence-electron chi connectivity index (χ4n) is 4.02. The van der Waals surface area contributed by atoms with Crippen LogP contribution in [0.2, 0.25) is 0 Å². The fourth-order valence-corrected chi connectivity index (χ4v) is 4.02. The minimum absolute atomic E-state index is 0.129. The number of halogens is 3. The minimum Gasteiger partial charge on any atom is -0.288 e. The Bertz CT molecular complexity index is 1380. The van der Waals surface area contributed by atoms with Gasteiger partial charge in [-0.25, -0.2) is 25.4 Å². The second-order valence-corrected chi connectivity index (χ2v) is 7.91. The zero-order chi connectivity index (χ0) is 23.4. The van der Waals surface area contributed by atoms with Crippen molar-refractivity contribution in [1.82, 2.24) is 29.8 Å². The van der Waals surface area contributed by atoms with Crippen molar-refractivity contribution in [1.29, 1.82) is 0 Å². The summed E-state index contributed by atoms with van der Waals surface area (Å²) in [6.07, 6.45) is -0.223. The fraction of sp³-hybridized carbons (Fsp3) is 0.227. The number of carbonyl (C=O) groups excluding carboxylic acids is 1. The number of aryl methyl sites for hydroxylation is 1. The van der Waals surface area contributed by atoms with E-state index in [0.29, 0.717) is 28.5 Å². The van der Waals surface area contributed by atoms with Crippen molar-refractivity contribution in [3.63, 3.8) is 0 Å². The Kier molecular flexibility index (Phi) is 4.67. The van der Waals surface area contributed by atoms with Crippen molar-refractivity contribution in [3.05, 3.63) is 77.3 Å². The highest BCUT2D eigenvalue weighted by atomic mass is 19.4. The molecule has 0 saturated heterocycles. The summed E-state index contributed by atoms with van der Waals surface area (Å²) in [5.74, 6) is -0.0244. The highest BCUT2D eigenvalue weighted by molar-refractivity contribution is 5.93. The molecule has 33 heavy (non-hydrogen) atoms. The van der Waals surface area contributed by atoms with Crippen LogP contribution in [-0.4, -0.2) is 35.5 Å². The maximum absolute atomic E-state index is 13.0. The number of benzene rings is 1. The largest absolute Gasteiger partial charge is 0.433 e. The summed E-state index contributed by atoms with van der Waals surface area (Å²) in [6, 6.07) is 9.42. The molecule has 5 rings (SSSR count). The number of imidazole rings is 1. The van der Waals surface area contributed by atoms with E-state index in [1.807, 2.05) is 0 Å². The normalized spacial score (nSPS) is 14.9. The number of hydrogen-bond donors (Lipinski definition) is 2. The second-order valence-electron chi connectivity index (χ2n) is 7.91. The number of nitrogens with zero attached hydrogens (tertiary/aromatic N) is 5. The molecule has 1 saturated carbocycles. The topological polar surface area (TPSA) is 105 Å². The van der Waals surface area contributed by atoms with Crippen LogP contribution in [0.3, 0.4) is 0 Å². The first-order valence-electron chi connectivity index (χ1n) is 10.0. The predicted molar refractivity (Wildman–Crippen MR) is 109 cm³/mol. The molecule has 11 heteroatoms. The SMILES string of the molecule is Cc1nc2cc(C(F)(F)F)ncn2c1-c1ccnc(C2(c3ccc(C(=O)NO)cc3)CC2)n1. The van der Waals surface area contributed by atoms with Gasteiger partial charge < -0.3 is 0 Å². The van der Waals surface area contributed by atoms with E-state index in [1.54, 1.807) is 48.9 Å². The van der Waals surface area contributed by atoms with Crippen LogP contribution in [0.15, 0.2) is 48.9 Å². The van der Waals surface area contributed by atoms with E-state index in [1.165, 1.54) is 4.40 Å². The Balaban J connectivity index is 1.54. The van der Waals surface area contributed by atoms with E-state index in [9.17, 15) is 18.0 Å². The first kappa shape index (κ1) is 21.0. The smallest absolute Gasteiger partial charge is 0.288 e. The molecule has 1 aliphatic rings. The molecule has 0 unspecified atom stereocenters. The number of fused-ring (bicyclic) bond motifs is 1. The molecule has 1 aliphatic carbocycles. The number of rotatable bonds is 4. The molecule has 0 spiro atoms. The number of alkyl halides is 3. The molecule has 2 N–H and O–H groups in total. The van der Waals surface area contributed by atoms with E-state index >= 15 is 0 Å². The van der Waals surface area contributed by atoms with Crippen LogP contribution < -0.4 is 5.48 Å². The lowest BCUT2D eigenvalue weighted by Gasteiger charge is -2.16. The average Bonchev–Trinajstić information content (AvgIpc) is 3.55. The van der Waals surface area contributed by atoms with Gasteiger partial charge in [-0.2, -0.15) is 13.2 Å². The Hall–Kier alpha value is -3.86. The quantitative estimate of drug-likeness (QED) is 0.360. The van der Waals surface area contributed by atoms with Gasteiger partial charge in [-0.1, -0.05) is 12.1 Å². The van der Waals surface area contributed by atoms with Crippen molar-refractivity contribution >= 4 is 11.6 Å². The molecule has 0 radical (unpaired) electrons. The molecule has 1 aromatic carbocycles. The van der Waals surface area contributed by atoms with Crippen LogP contribution in [0.1, 0.15) is 46.0 Å². The highest BCUT2D eigenvalue weighted by Gasteiger charge is 2.48. The number of hydroxylamine groups is 1. The van der Waals surface area contributed by atoms with Gasteiger partial charge in [0.2, 0.25) is 0 Å². The summed E-state index contributed by atoms with van der Waals surface area (Å²) in [5.41, 5.74) is 3.14. The monoisotopic (exact) mass is 454 g/mol. The predicted octanol–water partition coefficient (Wildman–Crippen LogP) is 3.71. The summed E-state index contributed by atoms with van der Waals surface area (Å²) in [6.45, 7) is 1.70. The van der Waals surface area contributed by atoms with Gasteiger partial charge in [-0.05, 0) is 43.5 Å². The van der Waals surface area contributed by atoms with Gasteiger partial charge in [0.1, 0.15) is 23.5 Å². The molecule has 1 amide bonds. The van der Waals surface area contributed by atoms with Crippen molar-refractivity contribution in [2.45, 2.75) is 31.4 Å². The van der Waals surface area contributed by atoms with Gasteiger partial charge in [-0.15, -0.1) is 0 Å². The van der Waals surface area contributed by atoms with E-state index in [2.05, 4.69) is 15.0 Å². The van der Waals surface area contributed by atoms with Gasteiger partial charge >= 0.3 is 6.18 Å². The lowest BCUT2D eigenvalue weighted by molar-refractivity contribution is -0.141. The standard InChI is InChI=1S/C22H17F3N6O2/c1-12-18(31-11-27-16(22(23,24)25)10-17(31)28-12)15-6-9-26-20(29-15)21(7-8-21)14-4-2-13(3-5-14)19(32)30-33/h2-6,9-11,33H,7-8H2,1H3,(H,30,32). The molecule has 168 valence electrons. The zero-order valence-electron chi connectivity index (χ0n) is 17.3. The lowest BCUT2D eigenvalue weighted by Crippen LogP contribution is -2.19. The van der Waals surface area contributed by atoms with Gasteiger partial charge in [0.15, 0.2) is 0 Å². The lowest BCUT2D eigenvalue weighted by atomic mass is 9.93. The number of aromatic nitrogens is 5. The van der Waals surface area contributed by atoms with Crippen LogP contribution in [0.5, 0.6) is 0 Å². The van der Waals surface area contributed by atoms with Crippen LogP contribution in [0.4, 0.5) is 13.2 Å². The maximum atomic E-state index is 13.0. The van der Waals surface area contributed by atoms with Gasteiger partial charge in [0.25, 0.3) is 5.91 Å². The van der Waals surface area contributed by atoms with Crippen LogP contribution in [0, 0.1) is 6.92 Å². The molecule has 1 fully saturated rings. The Labute approximate surface area is 185 Å². The van der Waals surface area contributed by atoms with E-state index in [4.69, 9.17) is 10.2 Å². The van der Waals surface area contributed by atoms with E-state index in [-0.39, 0.29) is 5.65 Å². The molecule has 3 heterocycles. The Morgan fingerprint density at radius 3 is 2.48 bits per heavy atom. The first-order chi connectivity index (χ1) is 15.7. The van der Waals surface area contributed by atoms with Crippen molar-refractivity contribution in [2.24, 2.45) is 0 Å². The zero-order valence-corrected chi connectivity index (χ0v) is 17.3. The molecule has 8 nitrogen and oxygen atoms in total. The summed E-state index contributed by atoms with van der Waals surface area (Å²) in [5, 5.41) is 8.79. The first-order valence-corrected chi connectivity index (χ1v) is 10.0. The summed E-state index contributed by atoms with van der Waals surface area (Å²) < 4.78 is 40.6. The molecular weight excluding hydrogens is 437 g/mol. The number of amides is 1.